The molecule has 1 rings (SSSR count). The summed E-state index contributed by atoms with van der Waals surface area (Å²) in [5.74, 6) is 5.43. The van der Waals surface area contributed by atoms with E-state index in [1.54, 1.807) is 18.7 Å². The van der Waals surface area contributed by atoms with E-state index in [0.29, 0.717) is 12.3 Å². The summed E-state index contributed by atoms with van der Waals surface area (Å²) < 4.78 is 10.5. The van der Waals surface area contributed by atoms with E-state index < -0.39 is 11.6 Å². The summed E-state index contributed by atoms with van der Waals surface area (Å²) in [5.41, 5.74) is 3.09. The molecule has 0 saturated heterocycles. The minimum atomic E-state index is -1.03. The van der Waals surface area contributed by atoms with Crippen molar-refractivity contribution in [2.75, 3.05) is 13.7 Å². The van der Waals surface area contributed by atoms with E-state index in [-0.39, 0.29) is 6.03 Å². The number of carbonyl (C=O) groups excluding carboxylic acids is 2. The highest BCUT2D eigenvalue weighted by atomic mass is 16.6. The lowest BCUT2D eigenvalue weighted by molar-refractivity contribution is -0.156. The number of rotatable bonds is 11. The number of allylic oxidation sites excluding steroid dienone is 1. The molecule has 28 heavy (non-hydrogen) atoms. The summed E-state index contributed by atoms with van der Waals surface area (Å²) in [6.07, 6.45) is 4.38. The molecule has 0 bridgehead atoms. The Kier molecular flexibility index (Phi) is 9.51. The number of amides is 2. The number of hydrogen-bond acceptors (Lipinski definition) is 5. The van der Waals surface area contributed by atoms with Gasteiger partial charge in [-0.15, -0.1) is 0 Å². The van der Waals surface area contributed by atoms with Crippen LogP contribution in [-0.2, 0) is 16.0 Å². The number of aryl methyl sites for hydroxylation is 1. The molecule has 0 aliphatic heterocycles. The van der Waals surface area contributed by atoms with Gasteiger partial charge in [-0.05, 0) is 63.6 Å². The first-order valence-corrected chi connectivity index (χ1v) is 9.57. The van der Waals surface area contributed by atoms with Gasteiger partial charge in [0.25, 0.3) is 0 Å². The Morgan fingerprint density at radius 1 is 1.21 bits per heavy atom. The molecule has 0 aromatic heterocycles. The maximum atomic E-state index is 11.8. The van der Waals surface area contributed by atoms with E-state index >= 15 is 0 Å². The van der Waals surface area contributed by atoms with Crippen LogP contribution in [0.5, 0.6) is 5.75 Å². The molecule has 7 nitrogen and oxygen atoms in total. The predicted octanol–water partition coefficient (Wildman–Crippen LogP) is 3.54. The summed E-state index contributed by atoms with van der Waals surface area (Å²) in [6, 6.07) is 7.37. The first kappa shape index (κ1) is 23.5. The molecule has 0 atom stereocenters. The van der Waals surface area contributed by atoms with E-state index in [1.807, 2.05) is 31.2 Å². The average molecular weight is 392 g/mol. The maximum absolute atomic E-state index is 11.8. The Morgan fingerprint density at radius 2 is 1.86 bits per heavy atom. The van der Waals surface area contributed by atoms with Crippen LogP contribution >= 0.6 is 0 Å². The molecule has 156 valence electrons. The Balaban J connectivity index is 2.47. The third kappa shape index (κ3) is 7.23. The van der Waals surface area contributed by atoms with Crippen LogP contribution in [0.25, 0.3) is 0 Å². The molecule has 0 spiro atoms. The number of urea groups is 1. The van der Waals surface area contributed by atoms with Gasteiger partial charge < -0.3 is 9.47 Å². The zero-order valence-corrected chi connectivity index (χ0v) is 17.4. The molecule has 0 radical (unpaired) electrons. The second-order valence-electron chi connectivity index (χ2n) is 7.12. The molecule has 0 heterocycles. The number of nitrogens with two attached hydrogens (primary N) is 1. The highest BCUT2D eigenvalue weighted by Crippen LogP contribution is 2.21. The van der Waals surface area contributed by atoms with Gasteiger partial charge in [-0.3, -0.25) is 10.3 Å². The number of nitrogens with zero attached hydrogens (tertiary/aromatic N) is 1. The second kappa shape index (κ2) is 11.3. The predicted molar refractivity (Wildman–Crippen MR) is 110 cm³/mol. The van der Waals surface area contributed by atoms with Gasteiger partial charge in [-0.1, -0.05) is 25.6 Å². The van der Waals surface area contributed by atoms with Crippen LogP contribution in [0.3, 0.4) is 0 Å². The number of carbonyl (C=O) groups is 2. The van der Waals surface area contributed by atoms with Crippen molar-refractivity contribution in [1.29, 1.82) is 0 Å². The number of esters is 1. The van der Waals surface area contributed by atoms with Gasteiger partial charge in [0, 0.05) is 12.2 Å². The zero-order valence-electron chi connectivity index (χ0n) is 17.4. The number of benzene rings is 1. The van der Waals surface area contributed by atoms with Crippen molar-refractivity contribution in [2.45, 2.75) is 58.5 Å². The molecular formula is C21H33N3O4. The van der Waals surface area contributed by atoms with Gasteiger partial charge in [-0.2, -0.15) is 0 Å². The molecular weight excluding hydrogens is 358 g/mol. The van der Waals surface area contributed by atoms with Crippen LogP contribution in [-0.4, -0.2) is 36.2 Å². The lowest BCUT2D eigenvalue weighted by Gasteiger charge is -2.23. The Labute approximate surface area is 167 Å². The minimum absolute atomic E-state index is 0.322. The molecule has 0 unspecified atom stereocenters. The van der Waals surface area contributed by atoms with Crippen molar-refractivity contribution in [3.8, 4) is 5.75 Å². The summed E-state index contributed by atoms with van der Waals surface area (Å²) in [4.78, 5) is 25.1. The topological polar surface area (TPSA) is 93.9 Å². The first-order chi connectivity index (χ1) is 13.2. The smallest absolute Gasteiger partial charge is 0.349 e. The maximum Gasteiger partial charge on any atom is 0.349 e. The first-order valence-electron chi connectivity index (χ1n) is 9.57. The summed E-state index contributed by atoms with van der Waals surface area (Å²) in [6.45, 7) is 9.96. The third-order valence-corrected chi connectivity index (χ3v) is 4.35. The summed E-state index contributed by atoms with van der Waals surface area (Å²) in [7, 11) is 1.34. The zero-order chi connectivity index (χ0) is 21.2. The largest absolute Gasteiger partial charge is 0.476 e. The fourth-order valence-corrected chi connectivity index (χ4v) is 2.80. The van der Waals surface area contributed by atoms with Crippen molar-refractivity contribution in [3.05, 3.63) is 42.1 Å². The van der Waals surface area contributed by atoms with Crippen LogP contribution in [0.15, 0.2) is 36.5 Å². The molecule has 3 N–H and O–H groups in total. The average Bonchev–Trinajstić information content (AvgIpc) is 2.68. The van der Waals surface area contributed by atoms with Crippen molar-refractivity contribution < 1.29 is 19.1 Å². The number of methoxy groups -OCH3 is 1. The van der Waals surface area contributed by atoms with E-state index in [9.17, 15) is 9.59 Å². The van der Waals surface area contributed by atoms with Crippen LogP contribution < -0.4 is 16.0 Å². The number of ether oxygens (including phenoxy) is 2. The van der Waals surface area contributed by atoms with Crippen LogP contribution in [0.4, 0.5) is 4.79 Å². The highest BCUT2D eigenvalue weighted by molar-refractivity contribution is 5.78. The van der Waals surface area contributed by atoms with Gasteiger partial charge in [0.05, 0.1) is 7.11 Å². The van der Waals surface area contributed by atoms with Crippen molar-refractivity contribution in [2.24, 2.45) is 5.84 Å². The number of nitrogens with one attached hydrogen (secondary N) is 1. The summed E-state index contributed by atoms with van der Waals surface area (Å²) >= 11 is 0. The SMILES string of the molecule is C=C(CCCCc1ccc(OC(C)(C)C(=O)OC)cc1)N(CCC)C(=O)NN. The third-order valence-electron chi connectivity index (χ3n) is 4.35. The fraction of sp³-hybridized carbons (Fsp3) is 0.524. The Bertz CT molecular complexity index is 656. The molecule has 1 aromatic carbocycles. The van der Waals surface area contributed by atoms with E-state index in [1.165, 1.54) is 12.7 Å². The molecule has 7 heteroatoms. The number of hydrazine groups is 1. The molecule has 2 amide bonds. The number of unbranched alkanes of at least 4 members (excludes halogenated alkanes) is 1. The van der Waals surface area contributed by atoms with Crippen molar-refractivity contribution in [3.63, 3.8) is 0 Å². The minimum Gasteiger partial charge on any atom is -0.476 e. The Morgan fingerprint density at radius 3 is 2.39 bits per heavy atom. The lowest BCUT2D eigenvalue weighted by Crippen LogP contribution is -2.43. The van der Waals surface area contributed by atoms with Crippen LogP contribution in [0.2, 0.25) is 0 Å². The van der Waals surface area contributed by atoms with E-state index in [0.717, 1.165) is 37.8 Å². The lowest BCUT2D eigenvalue weighted by atomic mass is 10.1. The second-order valence-corrected chi connectivity index (χ2v) is 7.12. The fourth-order valence-electron chi connectivity index (χ4n) is 2.80. The quantitative estimate of drug-likeness (QED) is 0.198. The van der Waals surface area contributed by atoms with Gasteiger partial charge in [-0.25, -0.2) is 15.4 Å². The molecule has 0 saturated carbocycles. The number of hydrogen-bond donors (Lipinski definition) is 2. The molecule has 0 fully saturated rings. The molecule has 0 aliphatic carbocycles. The van der Waals surface area contributed by atoms with Gasteiger partial charge in [0.1, 0.15) is 5.75 Å². The highest BCUT2D eigenvalue weighted by Gasteiger charge is 2.30. The normalized spacial score (nSPS) is 10.9. The van der Waals surface area contributed by atoms with Crippen LogP contribution in [0, 0.1) is 0 Å². The monoisotopic (exact) mass is 391 g/mol. The van der Waals surface area contributed by atoms with Crippen molar-refractivity contribution in [1.82, 2.24) is 10.3 Å². The van der Waals surface area contributed by atoms with E-state index in [2.05, 4.69) is 12.0 Å². The van der Waals surface area contributed by atoms with Crippen LogP contribution in [0.1, 0.15) is 52.0 Å². The standard InChI is InChI=1S/C21H33N3O4/c1-6-15-24(20(26)23-22)16(2)9-7-8-10-17-11-13-18(14-12-17)28-21(3,4)19(25)27-5/h11-14H,2,6-10,15,22H2,1,3-5H3,(H,23,26). The van der Waals surface area contributed by atoms with E-state index in [4.69, 9.17) is 15.3 Å². The molecule has 1 aromatic rings. The molecule has 0 aliphatic rings. The van der Waals surface area contributed by atoms with Gasteiger partial charge >= 0.3 is 12.0 Å². The van der Waals surface area contributed by atoms with Crippen molar-refractivity contribution >= 4 is 12.0 Å². The Hall–Kier alpha value is -2.54. The van der Waals surface area contributed by atoms with Gasteiger partial charge in [0.15, 0.2) is 5.60 Å². The van der Waals surface area contributed by atoms with Gasteiger partial charge in [0.2, 0.25) is 0 Å². The summed E-state index contributed by atoms with van der Waals surface area (Å²) in [5, 5.41) is 0.